The molecule has 0 aromatic carbocycles. The zero-order valence-corrected chi connectivity index (χ0v) is 13.1. The molecule has 0 saturated heterocycles. The molecule has 3 aliphatic rings. The fourth-order valence-corrected chi connectivity index (χ4v) is 6.77. The molecular formula is C18H30O. The highest BCUT2D eigenvalue weighted by Crippen LogP contribution is 2.74. The SMILES string of the molecule is C=CCC1C[C@@H](C)[C@]23CC[C@@](C)(O)[C@H](C2)C(C)(C)[C@H]13. The van der Waals surface area contributed by atoms with Gasteiger partial charge in [-0.05, 0) is 73.5 Å². The van der Waals surface area contributed by atoms with Crippen LogP contribution < -0.4 is 0 Å². The summed E-state index contributed by atoms with van der Waals surface area (Å²) in [5.74, 6) is 2.88. The van der Waals surface area contributed by atoms with Crippen LogP contribution in [0.25, 0.3) is 0 Å². The van der Waals surface area contributed by atoms with Crippen LogP contribution in [0.2, 0.25) is 0 Å². The molecule has 1 unspecified atom stereocenters. The van der Waals surface area contributed by atoms with Crippen LogP contribution in [0, 0.1) is 34.5 Å². The lowest BCUT2D eigenvalue weighted by Crippen LogP contribution is -2.44. The molecule has 1 spiro atoms. The third kappa shape index (κ3) is 1.57. The van der Waals surface area contributed by atoms with Crippen molar-refractivity contribution in [2.24, 2.45) is 34.5 Å². The van der Waals surface area contributed by atoms with Crippen LogP contribution in [0.5, 0.6) is 0 Å². The first-order chi connectivity index (χ1) is 8.75. The van der Waals surface area contributed by atoms with E-state index in [0.717, 1.165) is 30.6 Å². The van der Waals surface area contributed by atoms with E-state index in [-0.39, 0.29) is 5.41 Å². The lowest BCUT2D eigenvalue weighted by molar-refractivity contribution is -0.0726. The Labute approximate surface area is 118 Å². The Morgan fingerprint density at radius 2 is 1.95 bits per heavy atom. The zero-order chi connectivity index (χ0) is 14.1. The molecule has 1 N–H and O–H groups in total. The monoisotopic (exact) mass is 262 g/mol. The molecule has 3 saturated carbocycles. The molecule has 108 valence electrons. The number of rotatable bonds is 2. The normalized spacial score (nSPS) is 55.0. The lowest BCUT2D eigenvalue weighted by Gasteiger charge is -2.44. The summed E-state index contributed by atoms with van der Waals surface area (Å²) in [6, 6.07) is 0. The third-order valence-corrected chi connectivity index (χ3v) is 7.33. The second-order valence-corrected chi connectivity index (χ2v) is 8.57. The van der Waals surface area contributed by atoms with Gasteiger partial charge < -0.3 is 5.11 Å². The number of hydrogen-bond donors (Lipinski definition) is 1. The molecule has 0 aromatic rings. The van der Waals surface area contributed by atoms with E-state index >= 15 is 0 Å². The van der Waals surface area contributed by atoms with E-state index in [2.05, 4.69) is 40.3 Å². The highest BCUT2D eigenvalue weighted by atomic mass is 16.3. The Morgan fingerprint density at radius 1 is 1.26 bits per heavy atom. The number of allylic oxidation sites excluding steroid dienone is 1. The average Bonchev–Trinajstić information content (AvgIpc) is 2.68. The maximum Gasteiger partial charge on any atom is 0.0653 e. The van der Waals surface area contributed by atoms with Gasteiger partial charge in [0.2, 0.25) is 0 Å². The average molecular weight is 262 g/mol. The Hall–Kier alpha value is -0.300. The second kappa shape index (κ2) is 3.87. The molecular weight excluding hydrogens is 232 g/mol. The summed E-state index contributed by atoms with van der Waals surface area (Å²) < 4.78 is 0. The topological polar surface area (TPSA) is 20.2 Å². The summed E-state index contributed by atoms with van der Waals surface area (Å²) in [5, 5.41) is 10.8. The highest BCUT2D eigenvalue weighted by molar-refractivity contribution is 5.19. The predicted molar refractivity (Wildman–Crippen MR) is 79.8 cm³/mol. The van der Waals surface area contributed by atoms with Crippen LogP contribution in [0.4, 0.5) is 0 Å². The smallest absolute Gasteiger partial charge is 0.0653 e. The van der Waals surface area contributed by atoms with Crippen molar-refractivity contribution in [3.63, 3.8) is 0 Å². The quantitative estimate of drug-likeness (QED) is 0.731. The highest BCUT2D eigenvalue weighted by Gasteiger charge is 2.69. The van der Waals surface area contributed by atoms with Gasteiger partial charge in [-0.1, -0.05) is 26.8 Å². The Morgan fingerprint density at radius 3 is 2.58 bits per heavy atom. The first-order valence-electron chi connectivity index (χ1n) is 8.09. The van der Waals surface area contributed by atoms with Crippen LogP contribution in [-0.4, -0.2) is 10.7 Å². The molecule has 0 radical (unpaired) electrons. The van der Waals surface area contributed by atoms with Crippen molar-refractivity contribution < 1.29 is 5.11 Å². The minimum atomic E-state index is -0.447. The van der Waals surface area contributed by atoms with Gasteiger partial charge in [0.25, 0.3) is 0 Å². The van der Waals surface area contributed by atoms with Gasteiger partial charge in [-0.3, -0.25) is 0 Å². The van der Waals surface area contributed by atoms with E-state index in [1.54, 1.807) is 0 Å². The molecule has 0 amide bonds. The van der Waals surface area contributed by atoms with Crippen LogP contribution in [0.1, 0.15) is 59.8 Å². The Bertz CT molecular complexity index is 394. The van der Waals surface area contributed by atoms with Crippen LogP contribution >= 0.6 is 0 Å². The molecule has 0 heterocycles. The zero-order valence-electron chi connectivity index (χ0n) is 13.1. The van der Waals surface area contributed by atoms with Gasteiger partial charge in [0.1, 0.15) is 0 Å². The van der Waals surface area contributed by atoms with Gasteiger partial charge in [-0.15, -0.1) is 6.58 Å². The summed E-state index contributed by atoms with van der Waals surface area (Å²) >= 11 is 0. The molecule has 1 heteroatoms. The maximum atomic E-state index is 10.8. The maximum absolute atomic E-state index is 10.8. The van der Waals surface area contributed by atoms with Crippen molar-refractivity contribution >= 4 is 0 Å². The molecule has 0 aromatic heterocycles. The van der Waals surface area contributed by atoms with Gasteiger partial charge in [-0.25, -0.2) is 0 Å². The van der Waals surface area contributed by atoms with Crippen molar-refractivity contribution in [1.29, 1.82) is 0 Å². The van der Waals surface area contributed by atoms with Gasteiger partial charge in [0.05, 0.1) is 5.60 Å². The van der Waals surface area contributed by atoms with Gasteiger partial charge >= 0.3 is 0 Å². The summed E-state index contributed by atoms with van der Waals surface area (Å²) in [6.45, 7) is 13.4. The number of hydrogen-bond acceptors (Lipinski definition) is 1. The molecule has 19 heavy (non-hydrogen) atoms. The largest absolute Gasteiger partial charge is 0.390 e. The first-order valence-corrected chi connectivity index (χ1v) is 8.09. The van der Waals surface area contributed by atoms with Gasteiger partial charge in [0, 0.05) is 0 Å². The lowest BCUT2D eigenvalue weighted by atomic mass is 9.64. The van der Waals surface area contributed by atoms with Crippen molar-refractivity contribution in [2.45, 2.75) is 65.4 Å². The summed E-state index contributed by atoms with van der Waals surface area (Å²) in [6.07, 6.45) is 8.14. The Balaban J connectivity index is 2.05. The molecule has 2 bridgehead atoms. The number of fused-ring (bicyclic) bond motifs is 1. The summed E-state index contributed by atoms with van der Waals surface area (Å²) in [4.78, 5) is 0. The molecule has 1 nitrogen and oxygen atoms in total. The fraction of sp³-hybridized carbons (Fsp3) is 0.889. The fourth-order valence-electron chi connectivity index (χ4n) is 6.77. The van der Waals surface area contributed by atoms with Crippen molar-refractivity contribution in [3.8, 4) is 0 Å². The molecule has 3 fully saturated rings. The van der Waals surface area contributed by atoms with Crippen molar-refractivity contribution in [1.82, 2.24) is 0 Å². The van der Waals surface area contributed by atoms with Gasteiger partial charge in [-0.2, -0.15) is 0 Å². The minimum absolute atomic E-state index is 0.276. The molecule has 3 aliphatic carbocycles. The standard InChI is InChI=1S/C18H30O/c1-6-7-13-10-12(2)18-9-8-17(5,19)14(11-18)16(3,4)15(13)18/h6,12-15,19H,1,7-11H2,2-5H3/t12-,13?,14-,15+,17-,18+/m1/s1. The predicted octanol–water partition coefficient (Wildman–Crippen LogP) is 4.41. The minimum Gasteiger partial charge on any atom is -0.390 e. The van der Waals surface area contributed by atoms with Crippen LogP contribution in [0.15, 0.2) is 12.7 Å². The van der Waals surface area contributed by atoms with E-state index in [9.17, 15) is 5.11 Å². The Kier molecular flexibility index (Phi) is 2.79. The third-order valence-electron chi connectivity index (χ3n) is 7.33. The van der Waals surface area contributed by atoms with E-state index in [4.69, 9.17) is 0 Å². The van der Waals surface area contributed by atoms with Crippen molar-refractivity contribution in [3.05, 3.63) is 12.7 Å². The van der Waals surface area contributed by atoms with E-state index in [0.29, 0.717) is 11.3 Å². The van der Waals surface area contributed by atoms with E-state index in [1.165, 1.54) is 19.3 Å². The van der Waals surface area contributed by atoms with Crippen LogP contribution in [-0.2, 0) is 0 Å². The first kappa shape index (κ1) is 13.7. The van der Waals surface area contributed by atoms with Crippen molar-refractivity contribution in [2.75, 3.05) is 0 Å². The molecule has 6 atom stereocenters. The van der Waals surface area contributed by atoms with E-state index < -0.39 is 5.60 Å². The van der Waals surface area contributed by atoms with Crippen LogP contribution in [0.3, 0.4) is 0 Å². The second-order valence-electron chi connectivity index (χ2n) is 8.57. The van der Waals surface area contributed by atoms with E-state index in [1.807, 2.05) is 0 Å². The summed E-state index contributed by atoms with van der Waals surface area (Å²) in [7, 11) is 0. The number of aliphatic hydroxyl groups is 1. The van der Waals surface area contributed by atoms with Gasteiger partial charge in [0.15, 0.2) is 0 Å². The summed E-state index contributed by atoms with van der Waals surface area (Å²) in [5.41, 5.74) is 0.347. The molecule has 3 rings (SSSR count). The molecule has 0 aliphatic heterocycles.